The van der Waals surface area contributed by atoms with Crippen LogP contribution in [-0.4, -0.2) is 59.7 Å². The third-order valence-corrected chi connectivity index (χ3v) is 5.87. The lowest BCUT2D eigenvalue weighted by molar-refractivity contribution is -0.129. The largest absolute Gasteiger partial charge is 0.465 e. The highest BCUT2D eigenvalue weighted by Crippen LogP contribution is 2.38. The van der Waals surface area contributed by atoms with E-state index in [9.17, 15) is 14.7 Å². The molecule has 3 atom stereocenters. The van der Waals surface area contributed by atoms with E-state index in [0.717, 1.165) is 5.56 Å². The number of halogens is 2. The van der Waals surface area contributed by atoms with Crippen molar-refractivity contribution in [3.8, 4) is 0 Å². The van der Waals surface area contributed by atoms with Crippen LogP contribution in [0.5, 0.6) is 0 Å². The Morgan fingerprint density at radius 1 is 1.25 bits per heavy atom. The molecule has 0 aromatic heterocycles. The lowest BCUT2D eigenvalue weighted by Gasteiger charge is -2.34. The number of hydrogen-bond acceptors (Lipinski definition) is 3. The molecule has 0 aliphatic carbocycles. The van der Waals surface area contributed by atoms with Crippen LogP contribution < -0.4 is 0 Å². The first kappa shape index (κ1) is 22.8. The number of carbonyl (C=O) groups excluding carboxylic acids is 1. The predicted octanol–water partition coefficient (Wildman–Crippen LogP) is 4.55. The van der Waals surface area contributed by atoms with Gasteiger partial charge in [0.25, 0.3) is 0 Å². The Balaban J connectivity index is 2.49. The highest BCUT2D eigenvalue weighted by atomic mass is 35.5. The van der Waals surface area contributed by atoms with Crippen molar-refractivity contribution in [2.75, 3.05) is 26.7 Å². The molecule has 1 aromatic carbocycles. The van der Waals surface area contributed by atoms with Gasteiger partial charge in [-0.25, -0.2) is 4.79 Å². The van der Waals surface area contributed by atoms with Gasteiger partial charge in [-0.1, -0.05) is 50.0 Å². The molecular formula is C20H28Cl2N2O4. The molecule has 1 saturated heterocycles. The Morgan fingerprint density at radius 3 is 2.39 bits per heavy atom. The molecule has 2 amide bonds. The van der Waals surface area contributed by atoms with E-state index in [2.05, 4.69) is 0 Å². The van der Waals surface area contributed by atoms with E-state index in [4.69, 9.17) is 27.9 Å². The lowest BCUT2D eigenvalue weighted by Crippen LogP contribution is -2.42. The molecule has 1 unspecified atom stereocenters. The third kappa shape index (κ3) is 5.52. The zero-order chi connectivity index (χ0) is 21.2. The molecule has 8 heteroatoms. The van der Waals surface area contributed by atoms with E-state index in [1.807, 2.05) is 26.8 Å². The number of hydrogen-bond donors (Lipinski definition) is 1. The van der Waals surface area contributed by atoms with Gasteiger partial charge in [0.1, 0.15) is 0 Å². The molecule has 1 N–H and O–H groups in total. The van der Waals surface area contributed by atoms with E-state index in [0.29, 0.717) is 16.6 Å². The Bertz CT molecular complexity index is 735. The third-order valence-electron chi connectivity index (χ3n) is 5.13. The standard InChI is InChI=1S/C20H28Cl2N2O4/c1-12(25)23(5)9-14-10-24(19(26)27)11-17(20(2,3)4)28-18(14)13-6-7-15(21)16(22)8-13/h6-8,14,17-18H,9-11H2,1-5H3,(H,26,27)/t14-,17?,18+/m1/s1. The maximum absolute atomic E-state index is 11.8. The van der Waals surface area contributed by atoms with Gasteiger partial charge in [0.2, 0.25) is 5.91 Å². The first-order chi connectivity index (χ1) is 12.9. The number of ether oxygens (including phenoxy) is 1. The summed E-state index contributed by atoms with van der Waals surface area (Å²) >= 11 is 12.3. The molecule has 1 aromatic rings. The quantitative estimate of drug-likeness (QED) is 0.762. The molecule has 156 valence electrons. The number of carboxylic acid groups (broad SMARTS) is 1. The smallest absolute Gasteiger partial charge is 0.407 e. The van der Waals surface area contributed by atoms with Crippen LogP contribution in [0.2, 0.25) is 10.0 Å². The summed E-state index contributed by atoms with van der Waals surface area (Å²) in [5.74, 6) is -0.346. The van der Waals surface area contributed by atoms with Crippen LogP contribution >= 0.6 is 23.2 Å². The van der Waals surface area contributed by atoms with Crippen molar-refractivity contribution < 1.29 is 19.4 Å². The average Bonchev–Trinajstić information content (AvgIpc) is 2.77. The fourth-order valence-electron chi connectivity index (χ4n) is 3.29. The fourth-order valence-corrected chi connectivity index (χ4v) is 3.60. The molecule has 0 saturated carbocycles. The van der Waals surface area contributed by atoms with E-state index in [1.54, 1.807) is 24.1 Å². The maximum Gasteiger partial charge on any atom is 0.407 e. The lowest BCUT2D eigenvalue weighted by atomic mass is 9.88. The number of benzene rings is 1. The zero-order valence-corrected chi connectivity index (χ0v) is 18.4. The van der Waals surface area contributed by atoms with Gasteiger partial charge in [-0.3, -0.25) is 4.79 Å². The first-order valence-electron chi connectivity index (χ1n) is 9.20. The summed E-state index contributed by atoms with van der Waals surface area (Å²) in [7, 11) is 1.70. The van der Waals surface area contributed by atoms with Gasteiger partial charge < -0.3 is 19.6 Å². The van der Waals surface area contributed by atoms with Gasteiger partial charge >= 0.3 is 6.09 Å². The molecule has 1 fully saturated rings. The highest BCUT2D eigenvalue weighted by Gasteiger charge is 2.40. The second kappa shape index (κ2) is 8.89. The predicted molar refractivity (Wildman–Crippen MR) is 110 cm³/mol. The van der Waals surface area contributed by atoms with Crippen LogP contribution in [0.15, 0.2) is 18.2 Å². The minimum absolute atomic E-state index is 0.0913. The summed E-state index contributed by atoms with van der Waals surface area (Å²) in [6.45, 7) is 8.42. The highest BCUT2D eigenvalue weighted by molar-refractivity contribution is 6.42. The van der Waals surface area contributed by atoms with Crippen molar-refractivity contribution in [2.45, 2.75) is 39.9 Å². The van der Waals surface area contributed by atoms with Crippen LogP contribution in [0.3, 0.4) is 0 Å². The van der Waals surface area contributed by atoms with E-state index < -0.39 is 12.2 Å². The molecule has 0 spiro atoms. The number of nitrogens with zero attached hydrogens (tertiary/aromatic N) is 2. The Hall–Kier alpha value is -1.50. The van der Waals surface area contributed by atoms with Crippen molar-refractivity contribution in [2.24, 2.45) is 11.3 Å². The maximum atomic E-state index is 11.8. The van der Waals surface area contributed by atoms with E-state index >= 15 is 0 Å². The number of rotatable bonds is 3. The fraction of sp³-hybridized carbons (Fsp3) is 0.600. The molecule has 28 heavy (non-hydrogen) atoms. The van der Waals surface area contributed by atoms with Gasteiger partial charge in [0.15, 0.2) is 0 Å². The van der Waals surface area contributed by atoms with Crippen molar-refractivity contribution in [1.29, 1.82) is 0 Å². The van der Waals surface area contributed by atoms with Gasteiger partial charge in [0, 0.05) is 33.0 Å². The van der Waals surface area contributed by atoms with Gasteiger partial charge in [-0.15, -0.1) is 0 Å². The molecule has 1 heterocycles. The summed E-state index contributed by atoms with van der Waals surface area (Å²) < 4.78 is 6.49. The normalized spacial score (nSPS) is 23.2. The summed E-state index contributed by atoms with van der Waals surface area (Å²) in [6.07, 6.45) is -1.75. The number of carbonyl (C=O) groups is 2. The van der Waals surface area contributed by atoms with Crippen molar-refractivity contribution >= 4 is 35.2 Å². The second-order valence-corrected chi connectivity index (χ2v) is 9.25. The zero-order valence-electron chi connectivity index (χ0n) is 16.9. The molecule has 0 radical (unpaired) electrons. The first-order valence-corrected chi connectivity index (χ1v) is 9.95. The molecule has 2 rings (SSSR count). The van der Waals surface area contributed by atoms with E-state index in [-0.39, 0.29) is 36.4 Å². The minimum atomic E-state index is -0.997. The minimum Gasteiger partial charge on any atom is -0.465 e. The van der Waals surface area contributed by atoms with Gasteiger partial charge in [-0.05, 0) is 23.1 Å². The van der Waals surface area contributed by atoms with Gasteiger partial charge in [-0.2, -0.15) is 0 Å². The van der Waals surface area contributed by atoms with Crippen LogP contribution in [0.25, 0.3) is 0 Å². The van der Waals surface area contributed by atoms with Crippen LogP contribution in [-0.2, 0) is 9.53 Å². The van der Waals surface area contributed by atoms with E-state index in [1.165, 1.54) is 11.8 Å². The summed E-state index contributed by atoms with van der Waals surface area (Å²) in [6, 6.07) is 5.31. The van der Waals surface area contributed by atoms with Gasteiger partial charge in [0.05, 0.1) is 28.8 Å². The molecule has 6 nitrogen and oxygen atoms in total. The molecule has 1 aliphatic rings. The van der Waals surface area contributed by atoms with Crippen molar-refractivity contribution in [1.82, 2.24) is 9.80 Å². The number of amides is 2. The molecule has 0 bridgehead atoms. The molecule has 1 aliphatic heterocycles. The average molecular weight is 431 g/mol. The van der Waals surface area contributed by atoms with Crippen LogP contribution in [0.4, 0.5) is 4.79 Å². The summed E-state index contributed by atoms with van der Waals surface area (Å²) in [5.41, 5.74) is 0.543. The Kier molecular flexibility index (Phi) is 7.23. The Labute approximate surface area is 176 Å². The van der Waals surface area contributed by atoms with Crippen LogP contribution in [0, 0.1) is 11.3 Å². The van der Waals surface area contributed by atoms with Crippen LogP contribution in [0.1, 0.15) is 39.4 Å². The molecular weight excluding hydrogens is 403 g/mol. The SMILES string of the molecule is CC(=O)N(C)C[C@@H]1CN(C(=O)O)CC(C(C)(C)C)O[C@H]1c1ccc(Cl)c(Cl)c1. The summed E-state index contributed by atoms with van der Waals surface area (Å²) in [4.78, 5) is 26.6. The topological polar surface area (TPSA) is 70.1 Å². The second-order valence-electron chi connectivity index (χ2n) is 8.43. The van der Waals surface area contributed by atoms with Crippen molar-refractivity contribution in [3.05, 3.63) is 33.8 Å². The van der Waals surface area contributed by atoms with Crippen molar-refractivity contribution in [3.63, 3.8) is 0 Å². The monoisotopic (exact) mass is 430 g/mol. The summed E-state index contributed by atoms with van der Waals surface area (Å²) in [5, 5.41) is 10.5. The Morgan fingerprint density at radius 2 is 1.89 bits per heavy atom.